The number of nitrogens with zero attached hydrogens (tertiary/aromatic N) is 8. The van der Waals surface area contributed by atoms with Crippen molar-refractivity contribution in [1.82, 2.24) is 34.4 Å². The summed E-state index contributed by atoms with van der Waals surface area (Å²) < 4.78 is 17.4. The lowest BCUT2D eigenvalue weighted by atomic mass is 10.0. The molecule has 4 heterocycles. The molecule has 1 saturated heterocycles. The van der Waals surface area contributed by atoms with Gasteiger partial charge in [0, 0.05) is 49.7 Å². The molecule has 0 radical (unpaired) electrons. The first kappa shape index (κ1) is 29.8. The highest BCUT2D eigenvalue weighted by atomic mass is 19.1. The fourth-order valence-corrected chi connectivity index (χ4v) is 5.38. The number of piperazine rings is 1. The Bertz CT molecular complexity index is 2050. The molecule has 2 N–H and O–H groups in total. The van der Waals surface area contributed by atoms with Crippen molar-refractivity contribution in [3.8, 4) is 16.9 Å². The van der Waals surface area contributed by atoms with E-state index >= 15 is 4.39 Å². The fourth-order valence-electron chi connectivity index (χ4n) is 5.38. The molecule has 45 heavy (non-hydrogen) atoms. The molecular weight excluding hydrogens is 577 g/mol. The number of rotatable bonds is 7. The van der Waals surface area contributed by atoms with Gasteiger partial charge in [-0.25, -0.2) is 19.0 Å². The minimum absolute atomic E-state index is 0.129. The monoisotopic (exact) mass is 609 g/mol. The molecule has 5 aromatic rings. The zero-order valence-electron chi connectivity index (χ0n) is 25.2. The first-order valence-electron chi connectivity index (χ1n) is 14.4. The number of aryl methyl sites for hydroxylation is 1. The van der Waals surface area contributed by atoms with Crippen LogP contribution in [0.4, 0.5) is 21.7 Å². The molecule has 0 aliphatic carbocycles. The minimum atomic E-state index is -0.691. The molecule has 0 amide bonds. The maximum Gasteiger partial charge on any atom is 0.290 e. The number of anilines is 3. The standard InChI is InChI=1S/C32H32FN9O3/c1-19(2)20-12-21-15-36-42(32(45)30(21)24(33)13-20)27-7-5-6-22(23(27)18-43)25-14-26(31(44)40(4)38-25)37-28-16-35-29(17-34-28)41-10-8-39(3)9-11-41/h5-7,12-17,43H,1,8-11,18H2,2-4H3,(H,34,37). The average molecular weight is 610 g/mol. The molecule has 13 heteroatoms. The molecule has 0 saturated carbocycles. The minimum Gasteiger partial charge on any atom is -0.392 e. The van der Waals surface area contributed by atoms with Crippen LogP contribution in [0.25, 0.3) is 33.3 Å². The van der Waals surface area contributed by atoms with Gasteiger partial charge in [-0.15, -0.1) is 0 Å². The smallest absolute Gasteiger partial charge is 0.290 e. The number of aliphatic hydroxyl groups is 1. The summed E-state index contributed by atoms with van der Waals surface area (Å²) in [5, 5.41) is 22.5. The van der Waals surface area contributed by atoms with Crippen LogP contribution in [0.5, 0.6) is 0 Å². The fraction of sp³-hybridized carbons (Fsp3) is 0.250. The van der Waals surface area contributed by atoms with E-state index in [0.29, 0.717) is 39.2 Å². The van der Waals surface area contributed by atoms with E-state index in [1.807, 2.05) is 0 Å². The van der Waals surface area contributed by atoms with Crippen LogP contribution < -0.4 is 21.3 Å². The Balaban J connectivity index is 1.37. The molecule has 230 valence electrons. The van der Waals surface area contributed by atoms with Crippen LogP contribution in [-0.4, -0.2) is 72.8 Å². The van der Waals surface area contributed by atoms with Gasteiger partial charge in [0.05, 0.1) is 42.0 Å². The normalized spacial score (nSPS) is 13.8. The highest BCUT2D eigenvalue weighted by Crippen LogP contribution is 2.29. The van der Waals surface area contributed by atoms with Crippen molar-refractivity contribution in [2.75, 3.05) is 43.4 Å². The van der Waals surface area contributed by atoms with Crippen LogP contribution >= 0.6 is 0 Å². The van der Waals surface area contributed by atoms with Crippen molar-refractivity contribution in [3.05, 3.63) is 99.2 Å². The zero-order chi connectivity index (χ0) is 31.8. The summed E-state index contributed by atoms with van der Waals surface area (Å²) in [5.74, 6) is 0.445. The van der Waals surface area contributed by atoms with Gasteiger partial charge < -0.3 is 20.2 Å². The molecule has 2 aromatic carbocycles. The maximum atomic E-state index is 15.1. The molecule has 0 atom stereocenters. The van der Waals surface area contributed by atoms with Crippen LogP contribution in [0.1, 0.15) is 18.1 Å². The first-order chi connectivity index (χ1) is 21.6. The van der Waals surface area contributed by atoms with Crippen LogP contribution in [0.2, 0.25) is 0 Å². The number of hydrogen-bond acceptors (Lipinski definition) is 10. The molecule has 1 aliphatic heterocycles. The van der Waals surface area contributed by atoms with E-state index in [1.54, 1.807) is 49.6 Å². The maximum absolute atomic E-state index is 15.1. The van der Waals surface area contributed by atoms with Crippen molar-refractivity contribution < 1.29 is 9.50 Å². The summed E-state index contributed by atoms with van der Waals surface area (Å²) in [4.78, 5) is 40.0. The van der Waals surface area contributed by atoms with Gasteiger partial charge >= 0.3 is 0 Å². The molecule has 12 nitrogen and oxygen atoms in total. The predicted molar refractivity (Wildman–Crippen MR) is 171 cm³/mol. The largest absolute Gasteiger partial charge is 0.392 e. The van der Waals surface area contributed by atoms with Gasteiger partial charge in [0.2, 0.25) is 0 Å². The van der Waals surface area contributed by atoms with Gasteiger partial charge in [0.1, 0.15) is 23.1 Å². The molecule has 3 aromatic heterocycles. The summed E-state index contributed by atoms with van der Waals surface area (Å²) >= 11 is 0. The lowest BCUT2D eigenvalue weighted by Gasteiger charge is -2.32. The molecular formula is C32H32FN9O3. The number of likely N-dealkylation sites (N-methyl/N-ethyl adjacent to an activating group) is 1. The Labute approximate surface area is 257 Å². The summed E-state index contributed by atoms with van der Waals surface area (Å²) in [7, 11) is 3.60. The number of aliphatic hydroxyl groups excluding tert-OH is 1. The Morgan fingerprint density at radius 2 is 1.80 bits per heavy atom. The van der Waals surface area contributed by atoms with Crippen LogP contribution in [0, 0.1) is 5.82 Å². The molecule has 0 bridgehead atoms. The van der Waals surface area contributed by atoms with Crippen molar-refractivity contribution >= 4 is 33.7 Å². The number of aromatic nitrogens is 6. The Hall–Kier alpha value is -5.27. The third-order valence-electron chi connectivity index (χ3n) is 7.94. The Morgan fingerprint density at radius 1 is 1.02 bits per heavy atom. The van der Waals surface area contributed by atoms with Gasteiger partial charge in [0.15, 0.2) is 0 Å². The van der Waals surface area contributed by atoms with Crippen molar-refractivity contribution in [3.63, 3.8) is 0 Å². The first-order valence-corrected chi connectivity index (χ1v) is 14.4. The van der Waals surface area contributed by atoms with E-state index in [-0.39, 0.29) is 16.8 Å². The van der Waals surface area contributed by atoms with E-state index in [9.17, 15) is 14.7 Å². The van der Waals surface area contributed by atoms with E-state index in [0.717, 1.165) is 36.7 Å². The number of halogens is 1. The Morgan fingerprint density at radius 3 is 2.49 bits per heavy atom. The van der Waals surface area contributed by atoms with E-state index < -0.39 is 23.5 Å². The molecule has 6 rings (SSSR count). The van der Waals surface area contributed by atoms with E-state index in [2.05, 4.69) is 48.9 Å². The highest BCUT2D eigenvalue weighted by molar-refractivity contribution is 5.85. The third kappa shape index (κ3) is 5.70. The predicted octanol–water partition coefficient (Wildman–Crippen LogP) is 3.10. The lowest BCUT2D eigenvalue weighted by molar-refractivity contribution is 0.281. The number of nitrogens with one attached hydrogen (secondary N) is 1. The second kappa shape index (κ2) is 12.0. The van der Waals surface area contributed by atoms with Gasteiger partial charge in [-0.3, -0.25) is 9.59 Å². The molecule has 0 unspecified atom stereocenters. The zero-order valence-corrected chi connectivity index (χ0v) is 25.2. The van der Waals surface area contributed by atoms with E-state index in [1.165, 1.54) is 24.0 Å². The Kier molecular flexibility index (Phi) is 7.96. The third-order valence-corrected chi connectivity index (χ3v) is 7.94. The van der Waals surface area contributed by atoms with Gasteiger partial charge in [-0.2, -0.15) is 14.9 Å². The van der Waals surface area contributed by atoms with Gasteiger partial charge in [0.25, 0.3) is 11.1 Å². The summed E-state index contributed by atoms with van der Waals surface area (Å²) in [6.45, 7) is 8.69. The molecule has 1 aliphatic rings. The average Bonchev–Trinajstić information content (AvgIpc) is 3.03. The number of benzene rings is 2. The van der Waals surface area contributed by atoms with Gasteiger partial charge in [-0.05, 0) is 43.8 Å². The van der Waals surface area contributed by atoms with E-state index in [4.69, 9.17) is 0 Å². The highest BCUT2D eigenvalue weighted by Gasteiger charge is 2.20. The molecule has 0 spiro atoms. The quantitative estimate of drug-likeness (QED) is 0.284. The van der Waals surface area contributed by atoms with Crippen molar-refractivity contribution in [2.24, 2.45) is 7.05 Å². The SMILES string of the molecule is C=C(C)c1cc(F)c2c(=O)n(-c3cccc(-c4cc(Nc5cnc(N6CCN(C)CC6)cn5)c(=O)n(C)n4)c3CO)ncc2c1. The van der Waals surface area contributed by atoms with Crippen LogP contribution in [-0.2, 0) is 13.7 Å². The second-order valence-electron chi connectivity index (χ2n) is 11.1. The second-order valence-corrected chi connectivity index (χ2v) is 11.1. The van der Waals surface area contributed by atoms with Crippen molar-refractivity contribution in [2.45, 2.75) is 13.5 Å². The van der Waals surface area contributed by atoms with Crippen LogP contribution in [0.3, 0.4) is 0 Å². The molecule has 1 fully saturated rings. The summed E-state index contributed by atoms with van der Waals surface area (Å²) in [6.07, 6.45) is 4.65. The van der Waals surface area contributed by atoms with Crippen LogP contribution in [0.15, 0.2) is 71.2 Å². The number of fused-ring (bicyclic) bond motifs is 1. The van der Waals surface area contributed by atoms with Gasteiger partial charge in [-0.1, -0.05) is 24.3 Å². The van der Waals surface area contributed by atoms with Crippen molar-refractivity contribution in [1.29, 1.82) is 0 Å². The summed E-state index contributed by atoms with van der Waals surface area (Å²) in [5.41, 5.74) is 1.70. The topological polar surface area (TPSA) is 134 Å². The summed E-state index contributed by atoms with van der Waals surface area (Å²) in [6, 6.07) is 9.47. The number of allylic oxidation sites excluding steroid dienone is 1. The lowest BCUT2D eigenvalue weighted by Crippen LogP contribution is -2.44. The number of hydrogen-bond donors (Lipinski definition) is 2.